The predicted octanol–water partition coefficient (Wildman–Crippen LogP) is -0.363. The van der Waals surface area contributed by atoms with Crippen LogP contribution in [0.5, 0.6) is 11.5 Å². The first-order valence-corrected chi connectivity index (χ1v) is 7.78. The van der Waals surface area contributed by atoms with Gasteiger partial charge in [-0.1, -0.05) is 12.1 Å². The molecule has 1 aromatic rings. The molecule has 1 fully saturated rings. The summed E-state index contributed by atoms with van der Waals surface area (Å²) >= 11 is 4.98. The van der Waals surface area contributed by atoms with Crippen molar-refractivity contribution in [3.05, 3.63) is 42.0 Å². The van der Waals surface area contributed by atoms with Crippen molar-refractivity contribution in [3.8, 4) is 11.5 Å². The topological polar surface area (TPSA) is 108 Å². The summed E-state index contributed by atoms with van der Waals surface area (Å²) in [7, 11) is 1.38. The van der Waals surface area contributed by atoms with Gasteiger partial charge in [0.15, 0.2) is 16.6 Å². The fourth-order valence-electron chi connectivity index (χ4n) is 2.19. The molecule has 9 heteroatoms. The first-order valence-electron chi connectivity index (χ1n) is 7.37. The fourth-order valence-corrected chi connectivity index (χ4v) is 2.44. The molecule has 0 saturated carbocycles. The Hall–Kier alpha value is -3.20. The van der Waals surface area contributed by atoms with Crippen molar-refractivity contribution in [2.45, 2.75) is 0 Å². The van der Waals surface area contributed by atoms with Crippen LogP contribution in [0.4, 0.5) is 0 Å². The highest BCUT2D eigenvalue weighted by Gasteiger charge is 2.32. The second-order valence-electron chi connectivity index (χ2n) is 5.09. The van der Waals surface area contributed by atoms with Gasteiger partial charge in [0.1, 0.15) is 12.2 Å². The van der Waals surface area contributed by atoms with E-state index in [0.717, 1.165) is 0 Å². The third-order valence-corrected chi connectivity index (χ3v) is 3.66. The Balaban J connectivity index is 2.33. The number of nitrogens with one attached hydrogen (secondary N) is 1. The second kappa shape index (κ2) is 8.26. The number of methoxy groups -OCH3 is 1. The van der Waals surface area contributed by atoms with E-state index < -0.39 is 24.4 Å². The van der Waals surface area contributed by atoms with E-state index in [9.17, 15) is 19.5 Å². The normalized spacial score (nSPS) is 15.7. The van der Waals surface area contributed by atoms with Gasteiger partial charge in [0.05, 0.1) is 13.1 Å². The zero-order valence-corrected chi connectivity index (χ0v) is 14.6. The Morgan fingerprint density at radius 3 is 2.73 bits per heavy atom. The van der Waals surface area contributed by atoms with Crippen LogP contribution in [0.2, 0.25) is 0 Å². The fraction of sp³-hybridized carbons (Fsp3) is 0.176. The number of carbonyl (C=O) groups is 3. The largest absolute Gasteiger partial charge is 0.546 e. The molecule has 2 rings (SSSR count). The van der Waals surface area contributed by atoms with Crippen LogP contribution in [-0.4, -0.2) is 48.1 Å². The van der Waals surface area contributed by atoms with E-state index in [1.807, 2.05) is 0 Å². The number of benzene rings is 1. The highest BCUT2D eigenvalue weighted by atomic mass is 32.1. The Bertz CT molecular complexity index is 817. The van der Waals surface area contributed by atoms with E-state index in [0.29, 0.717) is 5.56 Å². The molecule has 1 aromatic carbocycles. The summed E-state index contributed by atoms with van der Waals surface area (Å²) < 4.78 is 10.2. The number of carboxylic acid groups (broad SMARTS) is 1. The van der Waals surface area contributed by atoms with Gasteiger partial charge in [-0.3, -0.25) is 19.8 Å². The van der Waals surface area contributed by atoms with Crippen molar-refractivity contribution in [2.75, 3.05) is 20.3 Å². The lowest BCUT2D eigenvalue weighted by Gasteiger charge is -2.27. The maximum absolute atomic E-state index is 12.5. The smallest absolute Gasteiger partial charge is 0.265 e. The van der Waals surface area contributed by atoms with Gasteiger partial charge >= 0.3 is 0 Å². The Kier molecular flexibility index (Phi) is 6.07. The lowest BCUT2D eigenvalue weighted by atomic mass is 10.1. The summed E-state index contributed by atoms with van der Waals surface area (Å²) in [6.07, 6.45) is 2.87. The molecular weight excluding hydrogens is 360 g/mol. The molecule has 0 atom stereocenters. The molecule has 136 valence electrons. The number of thiocarbonyl (C=S) groups is 1. The molecule has 0 spiro atoms. The van der Waals surface area contributed by atoms with Crippen molar-refractivity contribution in [1.82, 2.24) is 10.2 Å². The van der Waals surface area contributed by atoms with Crippen LogP contribution in [-0.2, 0) is 14.4 Å². The SMILES string of the molecule is C=CCN1C(=O)/C(=C\c2ccc(OCC(=O)[O-])c(OC)c2)C(=O)NC1=S. The molecule has 1 N–H and O–H groups in total. The van der Waals surface area contributed by atoms with Gasteiger partial charge in [-0.25, -0.2) is 0 Å². The monoisotopic (exact) mass is 375 g/mol. The Morgan fingerprint density at radius 2 is 2.12 bits per heavy atom. The minimum Gasteiger partial charge on any atom is -0.546 e. The molecule has 1 aliphatic rings. The van der Waals surface area contributed by atoms with E-state index in [4.69, 9.17) is 21.7 Å². The average molecular weight is 375 g/mol. The van der Waals surface area contributed by atoms with Gasteiger partial charge < -0.3 is 19.4 Å². The lowest BCUT2D eigenvalue weighted by Crippen LogP contribution is -2.53. The lowest BCUT2D eigenvalue weighted by molar-refractivity contribution is -0.307. The average Bonchev–Trinajstić information content (AvgIpc) is 2.60. The van der Waals surface area contributed by atoms with Crippen LogP contribution in [0.1, 0.15) is 5.56 Å². The number of hydrogen-bond acceptors (Lipinski definition) is 7. The minimum absolute atomic E-state index is 0.0145. The first-order chi connectivity index (χ1) is 12.4. The number of nitrogens with zero attached hydrogens (tertiary/aromatic N) is 1. The molecule has 1 saturated heterocycles. The number of rotatable bonds is 7. The number of carbonyl (C=O) groups excluding carboxylic acids is 3. The van der Waals surface area contributed by atoms with E-state index >= 15 is 0 Å². The summed E-state index contributed by atoms with van der Waals surface area (Å²) in [5, 5.41) is 12.9. The van der Waals surface area contributed by atoms with Crippen molar-refractivity contribution in [3.63, 3.8) is 0 Å². The maximum atomic E-state index is 12.5. The first kappa shape index (κ1) is 19.1. The summed E-state index contributed by atoms with van der Waals surface area (Å²) in [6, 6.07) is 4.51. The predicted molar refractivity (Wildman–Crippen MR) is 94.1 cm³/mol. The molecule has 1 aliphatic heterocycles. The molecule has 0 radical (unpaired) electrons. The van der Waals surface area contributed by atoms with Crippen molar-refractivity contribution < 1.29 is 29.0 Å². The van der Waals surface area contributed by atoms with Gasteiger partial charge in [0, 0.05) is 6.54 Å². The maximum Gasteiger partial charge on any atom is 0.265 e. The van der Waals surface area contributed by atoms with Gasteiger partial charge in [0.2, 0.25) is 0 Å². The standard InChI is InChI=1S/C17H16N2O6S/c1-3-6-19-16(23)11(15(22)18-17(19)26)7-10-4-5-12(13(8-10)24-2)25-9-14(20)21/h3-5,7-8H,1,6,9H2,2H3,(H,20,21)(H,18,22,26)/p-1/b11-7-. The number of carboxylic acids is 1. The molecule has 26 heavy (non-hydrogen) atoms. The van der Waals surface area contributed by atoms with E-state index in [-0.39, 0.29) is 28.7 Å². The number of ether oxygens (including phenoxy) is 2. The van der Waals surface area contributed by atoms with Gasteiger partial charge in [-0.05, 0) is 36.0 Å². The third-order valence-electron chi connectivity index (χ3n) is 3.34. The van der Waals surface area contributed by atoms with Crippen LogP contribution in [0.25, 0.3) is 6.08 Å². The summed E-state index contributed by atoms with van der Waals surface area (Å²) in [6.45, 7) is 3.08. The molecule has 0 aliphatic carbocycles. The van der Waals surface area contributed by atoms with Crippen LogP contribution < -0.4 is 19.9 Å². The van der Waals surface area contributed by atoms with E-state index in [1.165, 1.54) is 36.3 Å². The minimum atomic E-state index is -1.37. The van der Waals surface area contributed by atoms with Gasteiger partial charge in [0.25, 0.3) is 11.8 Å². The number of hydrogen-bond donors (Lipinski definition) is 1. The Morgan fingerprint density at radius 1 is 1.38 bits per heavy atom. The zero-order chi connectivity index (χ0) is 19.3. The van der Waals surface area contributed by atoms with Crippen LogP contribution in [0.15, 0.2) is 36.4 Å². The quantitative estimate of drug-likeness (QED) is 0.300. The highest BCUT2D eigenvalue weighted by molar-refractivity contribution is 7.80. The Labute approximate surface area is 154 Å². The third kappa shape index (κ3) is 4.25. The van der Waals surface area contributed by atoms with Crippen molar-refractivity contribution in [1.29, 1.82) is 0 Å². The molecular formula is C17H15N2O6S-. The zero-order valence-electron chi connectivity index (χ0n) is 13.8. The highest BCUT2D eigenvalue weighted by Crippen LogP contribution is 2.29. The van der Waals surface area contributed by atoms with Crippen molar-refractivity contribution >= 4 is 41.2 Å². The van der Waals surface area contributed by atoms with E-state index in [1.54, 1.807) is 6.07 Å². The molecule has 0 bridgehead atoms. The summed E-state index contributed by atoms with van der Waals surface area (Å²) in [5.74, 6) is -2.11. The molecule has 1 heterocycles. The summed E-state index contributed by atoms with van der Waals surface area (Å²) in [5.41, 5.74) is 0.374. The number of aliphatic carboxylic acids is 1. The van der Waals surface area contributed by atoms with Crippen molar-refractivity contribution in [2.24, 2.45) is 0 Å². The van der Waals surface area contributed by atoms with Crippen LogP contribution >= 0.6 is 12.2 Å². The number of amides is 2. The van der Waals surface area contributed by atoms with Gasteiger partial charge in [-0.2, -0.15) is 0 Å². The second-order valence-corrected chi connectivity index (χ2v) is 5.48. The molecule has 0 unspecified atom stereocenters. The summed E-state index contributed by atoms with van der Waals surface area (Å²) in [4.78, 5) is 36.3. The molecule has 2 amide bonds. The van der Waals surface area contributed by atoms with Gasteiger partial charge in [-0.15, -0.1) is 6.58 Å². The van der Waals surface area contributed by atoms with Crippen LogP contribution in [0.3, 0.4) is 0 Å². The van der Waals surface area contributed by atoms with Crippen LogP contribution in [0, 0.1) is 0 Å². The molecule has 8 nitrogen and oxygen atoms in total. The van der Waals surface area contributed by atoms with E-state index in [2.05, 4.69) is 11.9 Å². The molecule has 0 aromatic heterocycles.